The van der Waals surface area contributed by atoms with Gasteiger partial charge in [0, 0.05) is 17.0 Å². The molecule has 0 radical (unpaired) electrons. The van der Waals surface area contributed by atoms with Crippen molar-refractivity contribution in [2.45, 2.75) is 20.4 Å². The van der Waals surface area contributed by atoms with Gasteiger partial charge in [-0.3, -0.25) is 0 Å². The molecule has 2 rings (SSSR count). The minimum atomic E-state index is 0.869. The van der Waals surface area contributed by atoms with E-state index in [1.165, 1.54) is 4.88 Å². The van der Waals surface area contributed by atoms with Crippen LogP contribution < -0.4 is 10.1 Å². The minimum absolute atomic E-state index is 0.869. The van der Waals surface area contributed by atoms with E-state index in [0.29, 0.717) is 0 Å². The maximum Gasteiger partial charge on any atom is 0.124 e. The number of hydrogen-bond acceptors (Lipinski definition) is 4. The topological polar surface area (TPSA) is 34.1 Å². The smallest absolute Gasteiger partial charge is 0.124 e. The van der Waals surface area contributed by atoms with Gasteiger partial charge in [0.25, 0.3) is 0 Å². The molecule has 3 nitrogen and oxygen atoms in total. The highest BCUT2D eigenvalue weighted by Crippen LogP contribution is 2.29. The average molecular weight is 262 g/mol. The van der Waals surface area contributed by atoms with Gasteiger partial charge in [-0.25, -0.2) is 4.98 Å². The molecule has 96 valence electrons. The van der Waals surface area contributed by atoms with Gasteiger partial charge < -0.3 is 10.1 Å². The SMILES string of the molecule is CCNCc1sc(-c2cccc(OC)c2)nc1C. The Kier molecular flexibility index (Phi) is 4.33. The van der Waals surface area contributed by atoms with Crippen LogP contribution in [0.2, 0.25) is 0 Å². The summed E-state index contributed by atoms with van der Waals surface area (Å²) in [4.78, 5) is 5.93. The Labute approximate surface area is 112 Å². The number of aryl methyl sites for hydroxylation is 1. The molecular weight excluding hydrogens is 244 g/mol. The van der Waals surface area contributed by atoms with Crippen LogP contribution in [0, 0.1) is 6.92 Å². The lowest BCUT2D eigenvalue weighted by Gasteiger charge is -2.01. The van der Waals surface area contributed by atoms with Gasteiger partial charge in [-0.05, 0) is 25.6 Å². The molecule has 0 saturated heterocycles. The van der Waals surface area contributed by atoms with Crippen molar-refractivity contribution in [2.75, 3.05) is 13.7 Å². The summed E-state index contributed by atoms with van der Waals surface area (Å²) in [6, 6.07) is 8.03. The second kappa shape index (κ2) is 5.98. The van der Waals surface area contributed by atoms with E-state index >= 15 is 0 Å². The first kappa shape index (κ1) is 13.1. The Hall–Kier alpha value is -1.39. The summed E-state index contributed by atoms with van der Waals surface area (Å²) in [5.74, 6) is 0.869. The lowest BCUT2D eigenvalue weighted by atomic mass is 10.2. The number of thiazole rings is 1. The summed E-state index contributed by atoms with van der Waals surface area (Å²) in [7, 11) is 1.68. The molecule has 0 fully saturated rings. The van der Waals surface area contributed by atoms with E-state index in [0.717, 1.165) is 35.1 Å². The normalized spacial score (nSPS) is 10.6. The third-order valence-electron chi connectivity index (χ3n) is 2.74. The lowest BCUT2D eigenvalue weighted by Crippen LogP contribution is -2.11. The number of nitrogens with one attached hydrogen (secondary N) is 1. The number of nitrogens with zero attached hydrogens (tertiary/aromatic N) is 1. The predicted octanol–water partition coefficient (Wildman–Crippen LogP) is 3.24. The largest absolute Gasteiger partial charge is 0.497 e. The summed E-state index contributed by atoms with van der Waals surface area (Å²) in [6.07, 6.45) is 0. The van der Waals surface area contributed by atoms with Gasteiger partial charge >= 0.3 is 0 Å². The molecule has 0 aliphatic rings. The van der Waals surface area contributed by atoms with E-state index in [1.54, 1.807) is 18.4 Å². The predicted molar refractivity (Wildman–Crippen MR) is 76.2 cm³/mol. The zero-order valence-electron chi connectivity index (χ0n) is 11.0. The van der Waals surface area contributed by atoms with Crippen LogP contribution in [0.4, 0.5) is 0 Å². The van der Waals surface area contributed by atoms with E-state index in [2.05, 4.69) is 30.2 Å². The fourth-order valence-electron chi connectivity index (χ4n) is 1.71. The highest BCUT2D eigenvalue weighted by molar-refractivity contribution is 7.15. The molecule has 0 bridgehead atoms. The molecule has 18 heavy (non-hydrogen) atoms. The molecule has 1 heterocycles. The quantitative estimate of drug-likeness (QED) is 0.898. The summed E-state index contributed by atoms with van der Waals surface area (Å²) >= 11 is 1.74. The number of methoxy groups -OCH3 is 1. The Bertz CT molecular complexity index is 522. The third kappa shape index (κ3) is 2.89. The molecule has 0 spiro atoms. The fourth-order valence-corrected chi connectivity index (χ4v) is 2.74. The first-order valence-corrected chi connectivity index (χ1v) is 6.87. The zero-order chi connectivity index (χ0) is 13.0. The van der Waals surface area contributed by atoms with Crippen LogP contribution in [-0.4, -0.2) is 18.6 Å². The number of benzene rings is 1. The van der Waals surface area contributed by atoms with Crippen molar-refractivity contribution in [1.82, 2.24) is 10.3 Å². The van der Waals surface area contributed by atoms with Gasteiger partial charge in [0.2, 0.25) is 0 Å². The Morgan fingerprint density at radius 3 is 2.94 bits per heavy atom. The molecule has 0 saturated carbocycles. The van der Waals surface area contributed by atoms with Gasteiger partial charge in [0.15, 0.2) is 0 Å². The maximum absolute atomic E-state index is 5.24. The van der Waals surface area contributed by atoms with E-state index in [4.69, 9.17) is 4.74 Å². The van der Waals surface area contributed by atoms with E-state index in [-0.39, 0.29) is 0 Å². The maximum atomic E-state index is 5.24. The zero-order valence-corrected chi connectivity index (χ0v) is 11.8. The van der Waals surface area contributed by atoms with Crippen LogP contribution in [0.15, 0.2) is 24.3 Å². The van der Waals surface area contributed by atoms with Crippen molar-refractivity contribution in [3.63, 3.8) is 0 Å². The second-order valence-electron chi connectivity index (χ2n) is 4.04. The summed E-state index contributed by atoms with van der Waals surface area (Å²) in [5.41, 5.74) is 2.23. The first-order chi connectivity index (χ1) is 8.74. The molecule has 2 aromatic rings. The van der Waals surface area contributed by atoms with Crippen LogP contribution in [-0.2, 0) is 6.54 Å². The fraction of sp³-hybridized carbons (Fsp3) is 0.357. The van der Waals surface area contributed by atoms with Gasteiger partial charge in [-0.1, -0.05) is 19.1 Å². The number of ether oxygens (including phenoxy) is 1. The lowest BCUT2D eigenvalue weighted by molar-refractivity contribution is 0.415. The second-order valence-corrected chi connectivity index (χ2v) is 5.12. The highest BCUT2D eigenvalue weighted by atomic mass is 32.1. The van der Waals surface area contributed by atoms with Crippen LogP contribution in [0.1, 0.15) is 17.5 Å². The molecule has 0 atom stereocenters. The molecule has 1 N–H and O–H groups in total. The molecule has 1 aromatic heterocycles. The molecule has 4 heteroatoms. The number of rotatable bonds is 5. The third-order valence-corrected chi connectivity index (χ3v) is 3.95. The van der Waals surface area contributed by atoms with Crippen molar-refractivity contribution in [1.29, 1.82) is 0 Å². The van der Waals surface area contributed by atoms with E-state index < -0.39 is 0 Å². The van der Waals surface area contributed by atoms with Crippen LogP contribution in [0.25, 0.3) is 10.6 Å². The molecular formula is C14H18N2OS. The molecule has 0 aliphatic heterocycles. The number of aromatic nitrogens is 1. The van der Waals surface area contributed by atoms with Crippen molar-refractivity contribution in [2.24, 2.45) is 0 Å². The standard InChI is InChI=1S/C14H18N2OS/c1-4-15-9-13-10(2)16-14(18-13)11-6-5-7-12(8-11)17-3/h5-8,15H,4,9H2,1-3H3. The van der Waals surface area contributed by atoms with Gasteiger partial charge in [-0.2, -0.15) is 0 Å². The van der Waals surface area contributed by atoms with Crippen LogP contribution >= 0.6 is 11.3 Å². The monoisotopic (exact) mass is 262 g/mol. The van der Waals surface area contributed by atoms with Crippen molar-refractivity contribution < 1.29 is 4.74 Å². The summed E-state index contributed by atoms with van der Waals surface area (Å²) in [6.45, 7) is 6.04. The van der Waals surface area contributed by atoms with Crippen molar-refractivity contribution in [3.05, 3.63) is 34.8 Å². The number of hydrogen-bond donors (Lipinski definition) is 1. The first-order valence-electron chi connectivity index (χ1n) is 6.06. The molecule has 0 aliphatic carbocycles. The molecule has 0 unspecified atom stereocenters. The average Bonchev–Trinajstić information content (AvgIpc) is 2.78. The van der Waals surface area contributed by atoms with Crippen LogP contribution in [0.5, 0.6) is 5.75 Å². The highest BCUT2D eigenvalue weighted by Gasteiger charge is 2.09. The van der Waals surface area contributed by atoms with Gasteiger partial charge in [0.1, 0.15) is 10.8 Å². The van der Waals surface area contributed by atoms with Gasteiger partial charge in [-0.15, -0.1) is 11.3 Å². The minimum Gasteiger partial charge on any atom is -0.497 e. The summed E-state index contributed by atoms with van der Waals surface area (Å²) in [5, 5.41) is 4.39. The molecule has 1 aromatic carbocycles. The van der Waals surface area contributed by atoms with Crippen LogP contribution in [0.3, 0.4) is 0 Å². The van der Waals surface area contributed by atoms with E-state index in [9.17, 15) is 0 Å². The Balaban J connectivity index is 2.27. The van der Waals surface area contributed by atoms with Crippen molar-refractivity contribution >= 4 is 11.3 Å². The molecule has 0 amide bonds. The Morgan fingerprint density at radius 1 is 1.39 bits per heavy atom. The Morgan fingerprint density at radius 2 is 2.22 bits per heavy atom. The van der Waals surface area contributed by atoms with E-state index in [1.807, 2.05) is 18.2 Å². The van der Waals surface area contributed by atoms with Gasteiger partial charge in [0.05, 0.1) is 12.8 Å². The van der Waals surface area contributed by atoms with Crippen molar-refractivity contribution in [3.8, 4) is 16.3 Å². The summed E-state index contributed by atoms with van der Waals surface area (Å²) < 4.78 is 5.24.